The van der Waals surface area contributed by atoms with Crippen molar-refractivity contribution in [1.29, 1.82) is 0 Å². The molecule has 0 amide bonds. The van der Waals surface area contributed by atoms with Gasteiger partial charge >= 0.3 is 0 Å². The van der Waals surface area contributed by atoms with Gasteiger partial charge in [0.1, 0.15) is 0 Å². The Bertz CT molecular complexity index is 421. The molecule has 3 heteroatoms. The molecule has 1 aromatic carbocycles. The topological polar surface area (TPSA) is 38.5 Å². The van der Waals surface area contributed by atoms with Crippen LogP contribution in [-0.2, 0) is 4.74 Å². The minimum atomic E-state index is 0.0844. The van der Waals surface area contributed by atoms with Crippen molar-refractivity contribution in [3.05, 3.63) is 34.4 Å². The molecule has 1 heterocycles. The summed E-state index contributed by atoms with van der Waals surface area (Å²) in [4.78, 5) is 2.44. The fourth-order valence-electron chi connectivity index (χ4n) is 3.15. The molecular weight excluding hydrogens is 236 g/mol. The molecule has 3 nitrogen and oxygen atoms in total. The quantitative estimate of drug-likeness (QED) is 0.908. The molecule has 0 saturated carbocycles. The Kier molecular flexibility index (Phi) is 4.61. The number of hydrogen-bond donors (Lipinski definition) is 1. The molecule has 2 atom stereocenters. The third-order valence-corrected chi connectivity index (χ3v) is 4.05. The lowest BCUT2D eigenvalue weighted by atomic mass is 9.94. The predicted octanol–water partition coefficient (Wildman–Crippen LogP) is 2.33. The molecule has 1 aliphatic heterocycles. The summed E-state index contributed by atoms with van der Waals surface area (Å²) in [5, 5.41) is 0. The lowest BCUT2D eigenvalue weighted by molar-refractivity contribution is -0.00285. The van der Waals surface area contributed by atoms with E-state index in [-0.39, 0.29) is 6.04 Å². The molecular formula is C16H26N2O. The maximum absolute atomic E-state index is 6.46. The number of ether oxygens (including phenoxy) is 1. The van der Waals surface area contributed by atoms with Gasteiger partial charge in [0.2, 0.25) is 0 Å². The van der Waals surface area contributed by atoms with Crippen molar-refractivity contribution in [2.75, 3.05) is 26.3 Å². The maximum Gasteiger partial charge on any atom is 0.0619 e. The number of nitrogens with zero attached hydrogens (tertiary/aromatic N) is 1. The first-order valence-corrected chi connectivity index (χ1v) is 7.14. The van der Waals surface area contributed by atoms with Crippen LogP contribution in [-0.4, -0.2) is 37.2 Å². The molecule has 1 aromatic rings. The van der Waals surface area contributed by atoms with E-state index in [0.717, 1.165) is 26.3 Å². The van der Waals surface area contributed by atoms with Crippen molar-refractivity contribution < 1.29 is 4.74 Å². The lowest BCUT2D eigenvalue weighted by Crippen LogP contribution is -2.46. The van der Waals surface area contributed by atoms with Crippen LogP contribution in [0.2, 0.25) is 0 Å². The fourth-order valence-corrected chi connectivity index (χ4v) is 3.15. The van der Waals surface area contributed by atoms with E-state index in [9.17, 15) is 0 Å². The second-order valence-electron chi connectivity index (χ2n) is 5.84. The molecule has 1 aliphatic rings. The Balaban J connectivity index is 2.13. The van der Waals surface area contributed by atoms with Crippen LogP contribution in [0.5, 0.6) is 0 Å². The molecule has 0 bridgehead atoms. The van der Waals surface area contributed by atoms with Crippen molar-refractivity contribution in [2.45, 2.75) is 39.8 Å². The number of morpholine rings is 1. The summed E-state index contributed by atoms with van der Waals surface area (Å²) >= 11 is 0. The summed E-state index contributed by atoms with van der Waals surface area (Å²) in [7, 11) is 0. The van der Waals surface area contributed by atoms with E-state index in [0.29, 0.717) is 6.04 Å². The van der Waals surface area contributed by atoms with Crippen LogP contribution in [0.3, 0.4) is 0 Å². The van der Waals surface area contributed by atoms with Crippen molar-refractivity contribution in [2.24, 2.45) is 5.73 Å². The molecule has 2 N–H and O–H groups in total. The Hall–Kier alpha value is -0.900. The molecule has 1 saturated heterocycles. The van der Waals surface area contributed by atoms with E-state index in [1.165, 1.54) is 22.3 Å². The molecule has 0 radical (unpaired) electrons. The molecule has 19 heavy (non-hydrogen) atoms. The van der Waals surface area contributed by atoms with Crippen LogP contribution in [0.4, 0.5) is 0 Å². The third-order valence-electron chi connectivity index (χ3n) is 4.05. The van der Waals surface area contributed by atoms with Crippen LogP contribution >= 0.6 is 0 Å². The van der Waals surface area contributed by atoms with Gasteiger partial charge in [0.15, 0.2) is 0 Å². The molecule has 106 valence electrons. The van der Waals surface area contributed by atoms with Gasteiger partial charge in [-0.05, 0) is 44.4 Å². The Morgan fingerprint density at radius 2 is 1.95 bits per heavy atom. The van der Waals surface area contributed by atoms with E-state index in [4.69, 9.17) is 10.5 Å². The highest BCUT2D eigenvalue weighted by Crippen LogP contribution is 2.23. The normalized spacial score (nSPS) is 22.5. The zero-order chi connectivity index (χ0) is 14.0. The third kappa shape index (κ3) is 3.35. The first-order valence-electron chi connectivity index (χ1n) is 7.14. The number of hydrogen-bond acceptors (Lipinski definition) is 3. The summed E-state index contributed by atoms with van der Waals surface area (Å²) in [6.07, 6.45) is 0. The monoisotopic (exact) mass is 262 g/mol. The smallest absolute Gasteiger partial charge is 0.0619 e. The van der Waals surface area contributed by atoms with Crippen LogP contribution < -0.4 is 5.73 Å². The highest BCUT2D eigenvalue weighted by atomic mass is 16.5. The van der Waals surface area contributed by atoms with Gasteiger partial charge in [0.05, 0.1) is 13.2 Å². The molecule has 0 aromatic heterocycles. The number of aryl methyl sites for hydroxylation is 3. The summed E-state index contributed by atoms with van der Waals surface area (Å²) in [6.45, 7) is 12.2. The molecule has 2 unspecified atom stereocenters. The maximum atomic E-state index is 6.46. The Morgan fingerprint density at radius 1 is 1.32 bits per heavy atom. The highest BCUT2D eigenvalue weighted by molar-refractivity contribution is 5.39. The SMILES string of the molecule is Cc1cc(C)c(C(N)CN2CCOCC2C)c(C)c1. The fraction of sp³-hybridized carbons (Fsp3) is 0.625. The van der Waals surface area contributed by atoms with E-state index < -0.39 is 0 Å². The van der Waals surface area contributed by atoms with Gasteiger partial charge < -0.3 is 10.5 Å². The summed E-state index contributed by atoms with van der Waals surface area (Å²) < 4.78 is 5.48. The van der Waals surface area contributed by atoms with Crippen LogP contribution in [0.1, 0.15) is 35.2 Å². The van der Waals surface area contributed by atoms with Gasteiger partial charge in [-0.25, -0.2) is 0 Å². The first-order chi connectivity index (χ1) is 8.99. The summed E-state index contributed by atoms with van der Waals surface area (Å²) in [6, 6.07) is 5.00. The zero-order valence-electron chi connectivity index (χ0n) is 12.6. The standard InChI is InChI=1S/C16H26N2O/c1-11-7-12(2)16(13(3)8-11)15(17)9-18-5-6-19-10-14(18)4/h7-8,14-15H,5-6,9-10,17H2,1-4H3. The number of nitrogens with two attached hydrogens (primary N) is 1. The van der Waals surface area contributed by atoms with Gasteiger partial charge in [-0.3, -0.25) is 4.90 Å². The zero-order valence-corrected chi connectivity index (χ0v) is 12.6. The molecule has 0 spiro atoms. The minimum absolute atomic E-state index is 0.0844. The van der Waals surface area contributed by atoms with Crippen molar-refractivity contribution >= 4 is 0 Å². The molecule has 1 fully saturated rings. The van der Waals surface area contributed by atoms with E-state index in [2.05, 4.69) is 44.7 Å². The minimum Gasteiger partial charge on any atom is -0.379 e. The van der Waals surface area contributed by atoms with Gasteiger partial charge in [0, 0.05) is 25.2 Å². The second-order valence-corrected chi connectivity index (χ2v) is 5.84. The Labute approximate surface area is 116 Å². The number of rotatable bonds is 3. The summed E-state index contributed by atoms with van der Waals surface area (Å²) in [5.41, 5.74) is 11.7. The van der Waals surface area contributed by atoms with E-state index in [1.807, 2.05) is 0 Å². The number of benzene rings is 1. The van der Waals surface area contributed by atoms with Crippen molar-refractivity contribution in [1.82, 2.24) is 4.90 Å². The van der Waals surface area contributed by atoms with Gasteiger partial charge in [-0.2, -0.15) is 0 Å². The van der Waals surface area contributed by atoms with Crippen LogP contribution in [0.15, 0.2) is 12.1 Å². The average molecular weight is 262 g/mol. The van der Waals surface area contributed by atoms with Crippen LogP contribution in [0.25, 0.3) is 0 Å². The molecule has 0 aliphatic carbocycles. The highest BCUT2D eigenvalue weighted by Gasteiger charge is 2.22. The lowest BCUT2D eigenvalue weighted by Gasteiger charge is -2.35. The van der Waals surface area contributed by atoms with Crippen molar-refractivity contribution in [3.8, 4) is 0 Å². The van der Waals surface area contributed by atoms with Gasteiger partial charge in [-0.1, -0.05) is 17.7 Å². The van der Waals surface area contributed by atoms with Gasteiger partial charge in [-0.15, -0.1) is 0 Å². The second kappa shape index (κ2) is 6.04. The predicted molar refractivity (Wildman–Crippen MR) is 79.4 cm³/mol. The van der Waals surface area contributed by atoms with E-state index >= 15 is 0 Å². The Morgan fingerprint density at radius 3 is 2.53 bits per heavy atom. The molecule has 2 rings (SSSR count). The van der Waals surface area contributed by atoms with Crippen molar-refractivity contribution in [3.63, 3.8) is 0 Å². The van der Waals surface area contributed by atoms with Crippen LogP contribution in [0, 0.1) is 20.8 Å². The largest absolute Gasteiger partial charge is 0.379 e. The van der Waals surface area contributed by atoms with E-state index in [1.54, 1.807) is 0 Å². The summed E-state index contributed by atoms with van der Waals surface area (Å²) in [5.74, 6) is 0. The first kappa shape index (κ1) is 14.5. The van der Waals surface area contributed by atoms with Gasteiger partial charge in [0.25, 0.3) is 0 Å². The average Bonchev–Trinajstić information content (AvgIpc) is 2.30.